The fourth-order valence-electron chi connectivity index (χ4n) is 3.47. The highest BCUT2D eigenvalue weighted by molar-refractivity contribution is 5.05. The van der Waals surface area contributed by atoms with Crippen molar-refractivity contribution in [1.29, 1.82) is 0 Å². The lowest BCUT2D eigenvalue weighted by Gasteiger charge is -2.26. The molecule has 2 rings (SSSR count). The maximum Gasteiger partial charge on any atom is 0.00152 e. The van der Waals surface area contributed by atoms with Gasteiger partial charge < -0.3 is 10.2 Å². The Labute approximate surface area is 101 Å². The lowest BCUT2D eigenvalue weighted by molar-refractivity contribution is 0.229. The van der Waals surface area contributed by atoms with Crippen molar-refractivity contribution in [1.82, 2.24) is 10.2 Å². The van der Waals surface area contributed by atoms with Crippen LogP contribution in [-0.4, -0.2) is 37.6 Å². The fourth-order valence-corrected chi connectivity index (χ4v) is 3.47. The van der Waals surface area contributed by atoms with E-state index in [1.165, 1.54) is 64.8 Å². The van der Waals surface area contributed by atoms with Crippen LogP contribution in [0.15, 0.2) is 0 Å². The van der Waals surface area contributed by atoms with E-state index in [0.717, 1.165) is 11.3 Å². The molecule has 16 heavy (non-hydrogen) atoms. The van der Waals surface area contributed by atoms with E-state index in [4.69, 9.17) is 0 Å². The number of piperidine rings is 1. The van der Waals surface area contributed by atoms with Crippen LogP contribution in [0.3, 0.4) is 0 Å². The molecule has 1 heterocycles. The zero-order valence-electron chi connectivity index (χ0n) is 11.1. The van der Waals surface area contributed by atoms with E-state index in [-0.39, 0.29) is 0 Å². The minimum Gasteiger partial charge on any atom is -0.317 e. The Morgan fingerprint density at radius 1 is 1.12 bits per heavy atom. The number of rotatable bonds is 6. The molecular formula is C14H28N2. The smallest absolute Gasteiger partial charge is 0.00152 e. The number of nitrogens with one attached hydrogen (secondary N) is 1. The summed E-state index contributed by atoms with van der Waals surface area (Å²) < 4.78 is 0. The molecule has 1 spiro atoms. The molecule has 1 saturated carbocycles. The third-order valence-corrected chi connectivity index (χ3v) is 4.52. The predicted molar refractivity (Wildman–Crippen MR) is 69.7 cm³/mol. The van der Waals surface area contributed by atoms with Crippen LogP contribution >= 0.6 is 0 Å². The van der Waals surface area contributed by atoms with Gasteiger partial charge in [0.2, 0.25) is 0 Å². The van der Waals surface area contributed by atoms with Crippen molar-refractivity contribution >= 4 is 0 Å². The second-order valence-electron chi connectivity index (χ2n) is 5.81. The third kappa shape index (κ3) is 2.78. The summed E-state index contributed by atoms with van der Waals surface area (Å²) in [6.45, 7) is 11.1. The van der Waals surface area contributed by atoms with E-state index < -0.39 is 0 Å². The Kier molecular flexibility index (Phi) is 4.26. The van der Waals surface area contributed by atoms with Gasteiger partial charge in [0.05, 0.1) is 0 Å². The molecule has 0 amide bonds. The van der Waals surface area contributed by atoms with E-state index >= 15 is 0 Å². The molecule has 0 bridgehead atoms. The predicted octanol–water partition coefficient (Wildman–Crippen LogP) is 2.50. The summed E-state index contributed by atoms with van der Waals surface area (Å²) in [4.78, 5) is 2.70. The highest BCUT2D eigenvalue weighted by atomic mass is 15.1. The van der Waals surface area contributed by atoms with Gasteiger partial charge in [-0.1, -0.05) is 13.8 Å². The molecule has 1 unspecified atom stereocenters. The molecule has 2 aliphatic rings. The van der Waals surface area contributed by atoms with Crippen LogP contribution in [0.1, 0.15) is 46.0 Å². The molecule has 2 nitrogen and oxygen atoms in total. The summed E-state index contributed by atoms with van der Waals surface area (Å²) in [5.41, 5.74) is 0.769. The maximum absolute atomic E-state index is 3.49. The minimum absolute atomic E-state index is 0.769. The number of nitrogens with zero attached hydrogens (tertiary/aromatic N) is 1. The third-order valence-electron chi connectivity index (χ3n) is 4.52. The van der Waals surface area contributed by atoms with Gasteiger partial charge in [-0.25, -0.2) is 0 Å². The Balaban J connectivity index is 1.76. The first-order valence-corrected chi connectivity index (χ1v) is 7.24. The van der Waals surface area contributed by atoms with Gasteiger partial charge in [0.1, 0.15) is 0 Å². The van der Waals surface area contributed by atoms with E-state index in [9.17, 15) is 0 Å². The standard InChI is InChI=1S/C14H28N2/c1-3-9-16(10-4-2)12-13-11-14(13)5-7-15-8-6-14/h13,15H,3-12H2,1-2H3. The van der Waals surface area contributed by atoms with Crippen molar-refractivity contribution in [2.24, 2.45) is 11.3 Å². The molecule has 1 N–H and O–H groups in total. The van der Waals surface area contributed by atoms with Crippen LogP contribution in [0.5, 0.6) is 0 Å². The lowest BCUT2D eigenvalue weighted by atomic mass is 9.92. The molecule has 0 aromatic carbocycles. The highest BCUT2D eigenvalue weighted by Gasteiger charge is 2.53. The van der Waals surface area contributed by atoms with Gasteiger partial charge in [-0.3, -0.25) is 0 Å². The minimum atomic E-state index is 0.769. The zero-order valence-corrected chi connectivity index (χ0v) is 11.1. The van der Waals surface area contributed by atoms with Crippen LogP contribution in [0.25, 0.3) is 0 Å². The van der Waals surface area contributed by atoms with Gasteiger partial charge >= 0.3 is 0 Å². The van der Waals surface area contributed by atoms with Crippen molar-refractivity contribution in [3.8, 4) is 0 Å². The molecule has 2 fully saturated rings. The molecule has 0 aromatic heterocycles. The normalized spacial score (nSPS) is 27.6. The van der Waals surface area contributed by atoms with Gasteiger partial charge in [-0.15, -0.1) is 0 Å². The molecule has 1 atom stereocenters. The lowest BCUT2D eigenvalue weighted by Crippen LogP contribution is -2.33. The molecule has 1 saturated heterocycles. The molecule has 1 aliphatic carbocycles. The van der Waals surface area contributed by atoms with Crippen LogP contribution in [0, 0.1) is 11.3 Å². The molecule has 1 aliphatic heterocycles. The topological polar surface area (TPSA) is 15.3 Å². The van der Waals surface area contributed by atoms with Gasteiger partial charge in [-0.05, 0) is 69.6 Å². The highest BCUT2D eigenvalue weighted by Crippen LogP contribution is 2.58. The van der Waals surface area contributed by atoms with Crippen molar-refractivity contribution in [3.05, 3.63) is 0 Å². The van der Waals surface area contributed by atoms with Crippen molar-refractivity contribution < 1.29 is 0 Å². The van der Waals surface area contributed by atoms with E-state index in [0.29, 0.717) is 0 Å². The maximum atomic E-state index is 3.49. The van der Waals surface area contributed by atoms with E-state index in [2.05, 4.69) is 24.1 Å². The summed E-state index contributed by atoms with van der Waals surface area (Å²) in [5, 5.41) is 3.49. The quantitative estimate of drug-likeness (QED) is 0.746. The summed E-state index contributed by atoms with van der Waals surface area (Å²) in [5.74, 6) is 1.02. The molecule has 0 aromatic rings. The van der Waals surface area contributed by atoms with Crippen LogP contribution in [0.4, 0.5) is 0 Å². The van der Waals surface area contributed by atoms with Gasteiger partial charge in [0, 0.05) is 6.54 Å². The van der Waals surface area contributed by atoms with Gasteiger partial charge in [-0.2, -0.15) is 0 Å². The average Bonchev–Trinajstić information content (AvgIpc) is 2.92. The Morgan fingerprint density at radius 3 is 2.31 bits per heavy atom. The zero-order chi connectivity index (χ0) is 11.4. The van der Waals surface area contributed by atoms with Crippen LogP contribution in [0.2, 0.25) is 0 Å². The molecular weight excluding hydrogens is 196 g/mol. The molecule has 2 heteroatoms. The Morgan fingerprint density at radius 2 is 1.75 bits per heavy atom. The number of hydrogen-bond donors (Lipinski definition) is 1. The summed E-state index contributed by atoms with van der Waals surface area (Å²) >= 11 is 0. The van der Waals surface area contributed by atoms with E-state index in [1.54, 1.807) is 0 Å². The first-order valence-electron chi connectivity index (χ1n) is 7.24. The van der Waals surface area contributed by atoms with E-state index in [1.807, 2.05) is 0 Å². The van der Waals surface area contributed by atoms with Crippen LogP contribution < -0.4 is 5.32 Å². The van der Waals surface area contributed by atoms with Crippen molar-refractivity contribution in [2.45, 2.75) is 46.0 Å². The SMILES string of the molecule is CCCN(CCC)CC1CC12CCNCC2. The van der Waals surface area contributed by atoms with Gasteiger partial charge in [0.25, 0.3) is 0 Å². The molecule has 94 valence electrons. The largest absolute Gasteiger partial charge is 0.317 e. The van der Waals surface area contributed by atoms with Crippen LogP contribution in [-0.2, 0) is 0 Å². The monoisotopic (exact) mass is 224 g/mol. The second-order valence-corrected chi connectivity index (χ2v) is 5.81. The average molecular weight is 224 g/mol. The Hall–Kier alpha value is -0.0800. The van der Waals surface area contributed by atoms with Crippen molar-refractivity contribution in [3.63, 3.8) is 0 Å². The van der Waals surface area contributed by atoms with Crippen molar-refractivity contribution in [2.75, 3.05) is 32.7 Å². The Bertz CT molecular complexity index is 203. The number of hydrogen-bond acceptors (Lipinski definition) is 2. The summed E-state index contributed by atoms with van der Waals surface area (Å²) in [7, 11) is 0. The fraction of sp³-hybridized carbons (Fsp3) is 1.00. The first-order chi connectivity index (χ1) is 7.80. The first kappa shape index (κ1) is 12.4. The van der Waals surface area contributed by atoms with Gasteiger partial charge in [0.15, 0.2) is 0 Å². The second kappa shape index (κ2) is 5.50. The summed E-state index contributed by atoms with van der Waals surface area (Å²) in [6, 6.07) is 0. The molecule has 0 radical (unpaired) electrons. The summed E-state index contributed by atoms with van der Waals surface area (Å²) in [6.07, 6.45) is 6.99.